The first-order chi connectivity index (χ1) is 13.1. The van der Waals surface area contributed by atoms with Crippen molar-refractivity contribution in [1.82, 2.24) is 9.80 Å². The number of carboxylic acid groups (broad SMARTS) is 1. The average molecular weight is 406 g/mol. The van der Waals surface area contributed by atoms with E-state index in [1.54, 1.807) is 7.11 Å². The van der Waals surface area contributed by atoms with Gasteiger partial charge >= 0.3 is 12.1 Å². The van der Waals surface area contributed by atoms with E-state index in [0.717, 1.165) is 50.7 Å². The number of carboxylic acids is 1. The van der Waals surface area contributed by atoms with Crippen LogP contribution < -0.4 is 0 Å². The van der Waals surface area contributed by atoms with Crippen LogP contribution in [0.3, 0.4) is 0 Å². The topological polar surface area (TPSA) is 83.2 Å². The van der Waals surface area contributed by atoms with Gasteiger partial charge in [-0.3, -0.25) is 9.69 Å². The van der Waals surface area contributed by atoms with Crippen molar-refractivity contribution in [2.24, 2.45) is 11.8 Å². The molecule has 3 rings (SSSR count). The monoisotopic (exact) mass is 406 g/mol. The number of aliphatic carboxylic acids is 1. The Morgan fingerprint density at radius 2 is 2.04 bits per heavy atom. The molecule has 10 heteroatoms. The Morgan fingerprint density at radius 1 is 1.36 bits per heavy atom. The summed E-state index contributed by atoms with van der Waals surface area (Å²) in [6.45, 7) is 6.85. The number of aryl methyl sites for hydroxylation is 1. The van der Waals surface area contributed by atoms with Crippen molar-refractivity contribution in [3.63, 3.8) is 0 Å². The minimum atomic E-state index is -5.08. The lowest BCUT2D eigenvalue weighted by Gasteiger charge is -2.33. The van der Waals surface area contributed by atoms with E-state index in [1.807, 2.05) is 24.0 Å². The summed E-state index contributed by atoms with van der Waals surface area (Å²) in [5.41, 5.74) is 0. The molecule has 0 saturated carbocycles. The Bertz CT molecular complexity index is 676. The lowest BCUT2D eigenvalue weighted by atomic mass is 9.88. The highest BCUT2D eigenvalue weighted by Gasteiger charge is 2.42. The molecule has 0 unspecified atom stereocenters. The van der Waals surface area contributed by atoms with E-state index in [9.17, 15) is 18.0 Å². The van der Waals surface area contributed by atoms with Crippen LogP contribution in [0.25, 0.3) is 0 Å². The average Bonchev–Trinajstić information content (AvgIpc) is 3.20. The summed E-state index contributed by atoms with van der Waals surface area (Å²) >= 11 is 0. The predicted octanol–water partition coefficient (Wildman–Crippen LogP) is 2.15. The molecule has 0 aromatic carbocycles. The molecule has 28 heavy (non-hydrogen) atoms. The number of nitrogens with zero attached hydrogens (tertiary/aromatic N) is 2. The molecule has 0 aliphatic carbocycles. The third-order valence-corrected chi connectivity index (χ3v) is 4.90. The first-order valence-electron chi connectivity index (χ1n) is 8.97. The molecule has 0 bridgehead atoms. The van der Waals surface area contributed by atoms with E-state index >= 15 is 0 Å². The number of amides is 1. The highest BCUT2D eigenvalue weighted by atomic mass is 19.4. The van der Waals surface area contributed by atoms with Gasteiger partial charge in [-0.05, 0) is 31.4 Å². The predicted molar refractivity (Wildman–Crippen MR) is 92.5 cm³/mol. The lowest BCUT2D eigenvalue weighted by molar-refractivity contribution is -0.192. The van der Waals surface area contributed by atoms with Gasteiger partial charge in [-0.2, -0.15) is 13.2 Å². The lowest BCUT2D eigenvalue weighted by Crippen LogP contribution is -2.46. The maximum atomic E-state index is 12.5. The number of fused-ring (bicyclic) bond motifs is 1. The summed E-state index contributed by atoms with van der Waals surface area (Å²) in [5, 5.41) is 7.12. The molecule has 0 spiro atoms. The highest BCUT2D eigenvalue weighted by molar-refractivity contribution is 5.80. The quantitative estimate of drug-likeness (QED) is 0.807. The molecular formula is C18H25F3N2O5. The first kappa shape index (κ1) is 22.2. The Kier molecular flexibility index (Phi) is 7.48. The number of ether oxygens (including phenoxy) is 1. The molecule has 1 N–H and O–H groups in total. The molecule has 158 valence electrons. The van der Waals surface area contributed by atoms with Crippen LogP contribution in [-0.4, -0.2) is 72.9 Å². The summed E-state index contributed by atoms with van der Waals surface area (Å²) < 4.78 is 42.5. The number of halogens is 3. The third kappa shape index (κ3) is 5.96. The third-order valence-electron chi connectivity index (χ3n) is 4.90. The zero-order valence-electron chi connectivity index (χ0n) is 15.9. The molecule has 3 heterocycles. The van der Waals surface area contributed by atoms with E-state index in [2.05, 4.69) is 4.90 Å². The number of likely N-dealkylation sites (tertiary alicyclic amines) is 2. The molecule has 2 fully saturated rings. The number of piperidine rings is 1. The Balaban J connectivity index is 0.000000345. The fourth-order valence-electron chi connectivity index (χ4n) is 3.54. The van der Waals surface area contributed by atoms with Gasteiger partial charge in [0.25, 0.3) is 0 Å². The van der Waals surface area contributed by atoms with Gasteiger partial charge in [0.2, 0.25) is 5.91 Å². The summed E-state index contributed by atoms with van der Waals surface area (Å²) in [6.07, 6.45) is -3.98. The largest absolute Gasteiger partial charge is 0.490 e. The van der Waals surface area contributed by atoms with Crippen LogP contribution in [0.1, 0.15) is 17.9 Å². The van der Waals surface area contributed by atoms with Gasteiger partial charge in [0.15, 0.2) is 0 Å². The van der Waals surface area contributed by atoms with E-state index in [4.69, 9.17) is 19.1 Å². The van der Waals surface area contributed by atoms with E-state index in [-0.39, 0.29) is 5.92 Å². The summed E-state index contributed by atoms with van der Waals surface area (Å²) in [6, 6.07) is 4.03. The van der Waals surface area contributed by atoms with Gasteiger partial charge in [0, 0.05) is 33.3 Å². The van der Waals surface area contributed by atoms with Crippen LogP contribution in [0, 0.1) is 18.8 Å². The van der Waals surface area contributed by atoms with E-state index in [1.165, 1.54) is 0 Å². The molecule has 2 aliphatic heterocycles. The normalized spacial score (nSPS) is 22.6. The molecule has 7 nitrogen and oxygen atoms in total. The zero-order valence-corrected chi connectivity index (χ0v) is 15.9. The number of hydrogen-bond acceptors (Lipinski definition) is 5. The standard InChI is InChI=1S/C16H24N2O3.C2HF3O2/c1-12-3-4-14(21-12)10-17-9-13-5-6-18(7-8-20-2)16(19)15(13)11-17;3-2(4,5)1(6)7/h3-4,13,15H,5-11H2,1-2H3;(H,6,7)/t13-,15-;/m0./s1. The number of methoxy groups -OCH3 is 1. The van der Waals surface area contributed by atoms with Crippen LogP contribution in [-0.2, 0) is 20.9 Å². The summed E-state index contributed by atoms with van der Waals surface area (Å²) in [7, 11) is 1.68. The second-order valence-corrected chi connectivity index (χ2v) is 6.98. The number of carbonyl (C=O) groups is 2. The molecule has 2 aliphatic rings. The number of carbonyl (C=O) groups excluding carboxylic acids is 1. The van der Waals surface area contributed by atoms with Gasteiger partial charge in [-0.1, -0.05) is 0 Å². The number of alkyl halides is 3. The Morgan fingerprint density at radius 3 is 2.57 bits per heavy atom. The van der Waals surface area contributed by atoms with E-state index in [0.29, 0.717) is 18.4 Å². The van der Waals surface area contributed by atoms with Crippen molar-refractivity contribution in [3.8, 4) is 0 Å². The smallest absolute Gasteiger partial charge is 0.475 e. The number of rotatable bonds is 5. The maximum absolute atomic E-state index is 12.5. The van der Waals surface area contributed by atoms with Crippen LogP contribution in [0.15, 0.2) is 16.5 Å². The first-order valence-corrected chi connectivity index (χ1v) is 8.97. The molecule has 1 amide bonds. The second-order valence-electron chi connectivity index (χ2n) is 6.98. The number of hydrogen-bond donors (Lipinski definition) is 1. The van der Waals surface area contributed by atoms with Crippen molar-refractivity contribution >= 4 is 11.9 Å². The SMILES string of the molecule is COCCN1CC[C@H]2CN(Cc3ccc(C)o3)C[C@@H]2C1=O.O=C(O)C(F)(F)F. The van der Waals surface area contributed by atoms with Crippen molar-refractivity contribution in [1.29, 1.82) is 0 Å². The van der Waals surface area contributed by atoms with Crippen LogP contribution in [0.5, 0.6) is 0 Å². The van der Waals surface area contributed by atoms with Gasteiger partial charge in [0.05, 0.1) is 19.1 Å². The van der Waals surface area contributed by atoms with Gasteiger partial charge in [0.1, 0.15) is 11.5 Å². The fraction of sp³-hybridized carbons (Fsp3) is 0.667. The fourth-order valence-corrected chi connectivity index (χ4v) is 3.54. The number of furan rings is 1. The van der Waals surface area contributed by atoms with Crippen molar-refractivity contribution in [3.05, 3.63) is 23.7 Å². The van der Waals surface area contributed by atoms with Crippen LogP contribution >= 0.6 is 0 Å². The van der Waals surface area contributed by atoms with Crippen molar-refractivity contribution in [2.75, 3.05) is 39.9 Å². The molecule has 1 aromatic heterocycles. The molecule has 2 atom stereocenters. The van der Waals surface area contributed by atoms with Gasteiger partial charge in [-0.15, -0.1) is 0 Å². The Labute approximate surface area is 161 Å². The highest BCUT2D eigenvalue weighted by Crippen LogP contribution is 2.33. The second kappa shape index (κ2) is 9.42. The molecule has 1 aromatic rings. The van der Waals surface area contributed by atoms with Crippen LogP contribution in [0.2, 0.25) is 0 Å². The Hall–Kier alpha value is -2.07. The van der Waals surface area contributed by atoms with Crippen LogP contribution in [0.4, 0.5) is 13.2 Å². The minimum absolute atomic E-state index is 0.159. The van der Waals surface area contributed by atoms with Gasteiger partial charge in [-0.25, -0.2) is 4.79 Å². The maximum Gasteiger partial charge on any atom is 0.490 e. The molecule has 0 radical (unpaired) electrons. The van der Waals surface area contributed by atoms with E-state index < -0.39 is 12.1 Å². The van der Waals surface area contributed by atoms with Crippen molar-refractivity contribution < 1.29 is 37.0 Å². The minimum Gasteiger partial charge on any atom is -0.475 e. The summed E-state index contributed by atoms with van der Waals surface area (Å²) in [5.74, 6) is 0.159. The van der Waals surface area contributed by atoms with Crippen molar-refractivity contribution in [2.45, 2.75) is 26.1 Å². The molecular weight excluding hydrogens is 381 g/mol. The van der Waals surface area contributed by atoms with Gasteiger partial charge < -0.3 is 19.2 Å². The summed E-state index contributed by atoms with van der Waals surface area (Å²) in [4.78, 5) is 25.7. The zero-order chi connectivity index (χ0) is 20.9. The molecule has 2 saturated heterocycles.